The van der Waals surface area contributed by atoms with Crippen LogP contribution in [0.15, 0.2) is 24.3 Å². The first-order valence-electron chi connectivity index (χ1n) is 7.51. The number of carbonyl (C=O) groups excluding carboxylic acids is 1. The van der Waals surface area contributed by atoms with Gasteiger partial charge in [0.15, 0.2) is 0 Å². The minimum Gasteiger partial charge on any atom is -0.481 e. The Labute approximate surface area is 124 Å². The summed E-state index contributed by atoms with van der Waals surface area (Å²) in [5, 5.41) is 12.1. The summed E-state index contributed by atoms with van der Waals surface area (Å²) < 4.78 is 0. The molecule has 1 saturated carbocycles. The highest BCUT2D eigenvalue weighted by Crippen LogP contribution is 2.45. The molecule has 1 aromatic carbocycles. The van der Waals surface area contributed by atoms with Crippen molar-refractivity contribution in [3.8, 4) is 0 Å². The highest BCUT2D eigenvalue weighted by atomic mass is 16.4. The van der Waals surface area contributed by atoms with E-state index < -0.39 is 11.9 Å². The molecule has 3 atom stereocenters. The Balaban J connectivity index is 1.80. The average molecular weight is 287 g/mol. The Morgan fingerprint density at radius 3 is 2.62 bits per heavy atom. The normalized spacial score (nSPS) is 29.3. The summed E-state index contributed by atoms with van der Waals surface area (Å²) in [7, 11) is 0. The lowest BCUT2D eigenvalue weighted by Crippen LogP contribution is -2.42. The third-order valence-corrected chi connectivity index (χ3v) is 4.92. The van der Waals surface area contributed by atoms with Crippen LogP contribution in [0.4, 0.5) is 0 Å². The molecule has 4 heteroatoms. The first kappa shape index (κ1) is 14.1. The molecular weight excluding hydrogens is 266 g/mol. The van der Waals surface area contributed by atoms with Gasteiger partial charge < -0.3 is 10.4 Å². The lowest BCUT2D eigenvalue weighted by Gasteiger charge is -2.40. The van der Waals surface area contributed by atoms with E-state index in [4.69, 9.17) is 5.11 Å². The second kappa shape index (κ2) is 4.86. The van der Waals surface area contributed by atoms with Crippen molar-refractivity contribution in [2.75, 3.05) is 0 Å². The molecule has 2 aliphatic rings. The number of benzene rings is 1. The van der Waals surface area contributed by atoms with Crippen molar-refractivity contribution >= 4 is 11.9 Å². The summed E-state index contributed by atoms with van der Waals surface area (Å²) in [6.45, 7) is 4.32. The van der Waals surface area contributed by atoms with Crippen LogP contribution in [-0.2, 0) is 16.0 Å². The second-order valence-corrected chi connectivity index (χ2v) is 6.92. The number of hydrogen-bond donors (Lipinski definition) is 2. The molecule has 0 heterocycles. The smallest absolute Gasteiger partial charge is 0.307 e. The van der Waals surface area contributed by atoms with Gasteiger partial charge in [0.05, 0.1) is 17.9 Å². The van der Waals surface area contributed by atoms with Crippen molar-refractivity contribution in [3.05, 3.63) is 35.4 Å². The van der Waals surface area contributed by atoms with E-state index in [1.54, 1.807) is 0 Å². The van der Waals surface area contributed by atoms with Crippen molar-refractivity contribution in [1.29, 1.82) is 0 Å². The zero-order valence-corrected chi connectivity index (χ0v) is 12.4. The van der Waals surface area contributed by atoms with Gasteiger partial charge in [0, 0.05) is 0 Å². The summed E-state index contributed by atoms with van der Waals surface area (Å²) in [5.74, 6) is -1.82. The molecule has 112 valence electrons. The molecule has 0 bridgehead atoms. The number of aliphatic carboxylic acids is 1. The number of aryl methyl sites for hydroxylation is 1. The average Bonchev–Trinajstić information content (AvgIpc) is 3.22. The van der Waals surface area contributed by atoms with E-state index in [-0.39, 0.29) is 23.3 Å². The quantitative estimate of drug-likeness (QED) is 0.897. The van der Waals surface area contributed by atoms with Gasteiger partial charge in [-0.2, -0.15) is 0 Å². The van der Waals surface area contributed by atoms with Crippen LogP contribution < -0.4 is 5.32 Å². The fraction of sp³-hybridized carbons (Fsp3) is 0.529. The Morgan fingerprint density at radius 2 is 1.95 bits per heavy atom. The van der Waals surface area contributed by atoms with Crippen molar-refractivity contribution in [1.82, 2.24) is 5.32 Å². The number of carboxylic acids is 1. The molecule has 2 N–H and O–H groups in total. The number of carbonyl (C=O) groups is 2. The highest BCUT2D eigenvalue weighted by Gasteiger charge is 2.49. The number of hydrogen-bond acceptors (Lipinski definition) is 2. The third kappa shape index (κ3) is 2.55. The van der Waals surface area contributed by atoms with Gasteiger partial charge in [-0.1, -0.05) is 38.1 Å². The summed E-state index contributed by atoms with van der Waals surface area (Å²) in [4.78, 5) is 23.2. The van der Waals surface area contributed by atoms with E-state index in [0.717, 1.165) is 12.8 Å². The standard InChI is InChI=1S/C17H21NO3/c1-17(2)8-7-10-5-3-4-6-11(10)14(17)18-15(19)12-9-13(12)16(20)21/h3-6,12-14H,7-9H2,1-2H3,(H,18,19)(H,20,21). The summed E-state index contributed by atoms with van der Waals surface area (Å²) >= 11 is 0. The van der Waals surface area contributed by atoms with Crippen molar-refractivity contribution in [2.45, 2.75) is 39.2 Å². The van der Waals surface area contributed by atoms with Gasteiger partial charge in [0.25, 0.3) is 0 Å². The molecule has 1 aromatic rings. The fourth-order valence-corrected chi connectivity index (χ4v) is 3.35. The molecule has 1 amide bonds. The number of carboxylic acid groups (broad SMARTS) is 1. The lowest BCUT2D eigenvalue weighted by molar-refractivity contribution is -0.140. The predicted octanol–water partition coefficient (Wildman–Crippen LogP) is 2.54. The molecule has 1 fully saturated rings. The van der Waals surface area contributed by atoms with Gasteiger partial charge in [0.2, 0.25) is 5.91 Å². The molecule has 3 unspecified atom stereocenters. The molecule has 3 rings (SSSR count). The Bertz CT molecular complexity index is 593. The van der Waals surface area contributed by atoms with Crippen LogP contribution in [0.25, 0.3) is 0 Å². The van der Waals surface area contributed by atoms with Gasteiger partial charge in [-0.05, 0) is 35.8 Å². The fourth-order valence-electron chi connectivity index (χ4n) is 3.35. The van der Waals surface area contributed by atoms with E-state index in [1.165, 1.54) is 11.1 Å². The molecule has 21 heavy (non-hydrogen) atoms. The maximum absolute atomic E-state index is 12.3. The van der Waals surface area contributed by atoms with E-state index >= 15 is 0 Å². The van der Waals surface area contributed by atoms with E-state index in [9.17, 15) is 9.59 Å². The van der Waals surface area contributed by atoms with Crippen molar-refractivity contribution < 1.29 is 14.7 Å². The number of amides is 1. The molecule has 2 aliphatic carbocycles. The van der Waals surface area contributed by atoms with E-state index in [1.807, 2.05) is 12.1 Å². The van der Waals surface area contributed by atoms with Crippen LogP contribution in [-0.4, -0.2) is 17.0 Å². The summed E-state index contributed by atoms with van der Waals surface area (Å²) in [5.41, 5.74) is 2.44. The lowest BCUT2D eigenvalue weighted by atomic mass is 9.70. The van der Waals surface area contributed by atoms with Crippen LogP contribution in [0.2, 0.25) is 0 Å². The predicted molar refractivity (Wildman–Crippen MR) is 78.7 cm³/mol. The minimum absolute atomic E-state index is 0.0162. The summed E-state index contributed by atoms with van der Waals surface area (Å²) in [6, 6.07) is 8.17. The molecule has 0 radical (unpaired) electrons. The van der Waals surface area contributed by atoms with Gasteiger partial charge in [-0.25, -0.2) is 0 Å². The van der Waals surface area contributed by atoms with Gasteiger partial charge in [-0.3, -0.25) is 9.59 Å². The summed E-state index contributed by atoms with van der Waals surface area (Å²) in [6.07, 6.45) is 2.51. The molecular formula is C17H21NO3. The van der Waals surface area contributed by atoms with Crippen LogP contribution >= 0.6 is 0 Å². The van der Waals surface area contributed by atoms with Crippen LogP contribution in [0.3, 0.4) is 0 Å². The van der Waals surface area contributed by atoms with Gasteiger partial charge in [0.1, 0.15) is 0 Å². The van der Waals surface area contributed by atoms with Crippen molar-refractivity contribution in [2.24, 2.45) is 17.3 Å². The Morgan fingerprint density at radius 1 is 1.24 bits per heavy atom. The Kier molecular flexibility index (Phi) is 3.27. The monoisotopic (exact) mass is 287 g/mol. The number of rotatable bonds is 3. The first-order valence-corrected chi connectivity index (χ1v) is 7.51. The van der Waals surface area contributed by atoms with E-state index in [0.29, 0.717) is 6.42 Å². The van der Waals surface area contributed by atoms with Crippen LogP contribution in [0.1, 0.15) is 43.9 Å². The van der Waals surface area contributed by atoms with Gasteiger partial charge in [-0.15, -0.1) is 0 Å². The largest absolute Gasteiger partial charge is 0.481 e. The van der Waals surface area contributed by atoms with Crippen LogP contribution in [0, 0.1) is 17.3 Å². The third-order valence-electron chi connectivity index (χ3n) is 4.92. The molecule has 0 aromatic heterocycles. The maximum atomic E-state index is 12.3. The highest BCUT2D eigenvalue weighted by molar-refractivity contribution is 5.89. The van der Waals surface area contributed by atoms with Gasteiger partial charge >= 0.3 is 5.97 Å². The zero-order valence-electron chi connectivity index (χ0n) is 12.4. The van der Waals surface area contributed by atoms with Crippen molar-refractivity contribution in [3.63, 3.8) is 0 Å². The zero-order chi connectivity index (χ0) is 15.2. The number of nitrogens with one attached hydrogen (secondary N) is 1. The van der Waals surface area contributed by atoms with Crippen LogP contribution in [0.5, 0.6) is 0 Å². The molecule has 0 spiro atoms. The van der Waals surface area contributed by atoms with E-state index in [2.05, 4.69) is 31.3 Å². The molecule has 0 aliphatic heterocycles. The Hall–Kier alpha value is -1.84. The topological polar surface area (TPSA) is 66.4 Å². The SMILES string of the molecule is CC1(C)CCc2ccccc2C1NC(=O)C1CC1C(=O)O. The maximum Gasteiger partial charge on any atom is 0.307 e. The molecule has 4 nitrogen and oxygen atoms in total. The second-order valence-electron chi connectivity index (χ2n) is 6.92. The number of fused-ring (bicyclic) bond motifs is 1. The first-order chi connectivity index (χ1) is 9.90. The molecule has 0 saturated heterocycles. The minimum atomic E-state index is -0.863.